The third-order valence-electron chi connectivity index (χ3n) is 8.59. The van der Waals surface area contributed by atoms with Crippen LogP contribution < -0.4 is 0 Å². The Labute approximate surface area is 236 Å². The van der Waals surface area contributed by atoms with Crippen LogP contribution in [0.5, 0.6) is 0 Å². The van der Waals surface area contributed by atoms with Crippen LogP contribution in [0.3, 0.4) is 0 Å². The van der Waals surface area contributed by atoms with Gasteiger partial charge in [-0.05, 0) is 95.7 Å². The maximum atomic E-state index is 6.17. The highest BCUT2D eigenvalue weighted by Gasteiger charge is 2.17. The van der Waals surface area contributed by atoms with Gasteiger partial charge in [-0.3, -0.25) is 0 Å². The minimum atomic E-state index is 0.930. The SMILES string of the molecule is c1ccc2cc(-c3c4ccccc4c(-c4ccc5cc6oc7ccccc7c6cc5c4)c4ccccc34)ccc2c1. The van der Waals surface area contributed by atoms with Crippen molar-refractivity contribution in [1.29, 1.82) is 0 Å². The smallest absolute Gasteiger partial charge is 0.136 e. The van der Waals surface area contributed by atoms with Crippen molar-refractivity contribution < 1.29 is 4.42 Å². The molecule has 8 aromatic carbocycles. The molecule has 0 spiro atoms. The highest BCUT2D eigenvalue weighted by atomic mass is 16.3. The molecule has 0 unspecified atom stereocenters. The number of benzene rings is 8. The van der Waals surface area contributed by atoms with E-state index in [0.717, 1.165) is 21.9 Å². The molecule has 0 atom stereocenters. The maximum absolute atomic E-state index is 6.17. The second-order valence-corrected chi connectivity index (χ2v) is 10.9. The Morgan fingerprint density at radius 3 is 1.44 bits per heavy atom. The molecule has 41 heavy (non-hydrogen) atoms. The van der Waals surface area contributed by atoms with Gasteiger partial charge in [-0.1, -0.05) is 115 Å². The van der Waals surface area contributed by atoms with E-state index in [4.69, 9.17) is 4.42 Å². The van der Waals surface area contributed by atoms with Crippen molar-refractivity contribution >= 4 is 65.0 Å². The van der Waals surface area contributed by atoms with Crippen LogP contribution in [-0.4, -0.2) is 0 Å². The molecule has 0 N–H and O–H groups in total. The van der Waals surface area contributed by atoms with Crippen LogP contribution >= 0.6 is 0 Å². The van der Waals surface area contributed by atoms with Gasteiger partial charge in [0.1, 0.15) is 11.2 Å². The third-order valence-corrected chi connectivity index (χ3v) is 8.59. The number of fused-ring (bicyclic) bond motifs is 7. The lowest BCUT2D eigenvalue weighted by Gasteiger charge is -2.18. The summed E-state index contributed by atoms with van der Waals surface area (Å²) in [4.78, 5) is 0. The summed E-state index contributed by atoms with van der Waals surface area (Å²) < 4.78 is 6.17. The Kier molecular flexibility index (Phi) is 4.67. The average Bonchev–Trinajstić information content (AvgIpc) is 3.39. The van der Waals surface area contributed by atoms with Gasteiger partial charge in [0.15, 0.2) is 0 Å². The van der Waals surface area contributed by atoms with E-state index in [-0.39, 0.29) is 0 Å². The molecule has 9 aromatic rings. The molecule has 0 amide bonds. The summed E-state index contributed by atoms with van der Waals surface area (Å²) in [6.07, 6.45) is 0. The van der Waals surface area contributed by atoms with Gasteiger partial charge in [0.05, 0.1) is 0 Å². The fourth-order valence-electron chi connectivity index (χ4n) is 6.72. The number of para-hydroxylation sites is 1. The first kappa shape index (κ1) is 22.4. The van der Waals surface area contributed by atoms with Crippen molar-refractivity contribution in [3.05, 3.63) is 146 Å². The molecule has 1 nitrogen and oxygen atoms in total. The van der Waals surface area contributed by atoms with E-state index in [0.29, 0.717) is 0 Å². The summed E-state index contributed by atoms with van der Waals surface area (Å²) in [5.74, 6) is 0. The van der Waals surface area contributed by atoms with Crippen molar-refractivity contribution in [2.24, 2.45) is 0 Å². The van der Waals surface area contributed by atoms with Gasteiger partial charge >= 0.3 is 0 Å². The van der Waals surface area contributed by atoms with E-state index in [1.807, 2.05) is 12.1 Å². The fourth-order valence-corrected chi connectivity index (χ4v) is 6.72. The van der Waals surface area contributed by atoms with Crippen LogP contribution in [0.25, 0.3) is 87.3 Å². The van der Waals surface area contributed by atoms with Crippen LogP contribution in [0.1, 0.15) is 0 Å². The normalized spacial score (nSPS) is 11.9. The highest BCUT2D eigenvalue weighted by Crippen LogP contribution is 2.45. The Morgan fingerprint density at radius 2 is 0.780 bits per heavy atom. The lowest BCUT2D eigenvalue weighted by molar-refractivity contribution is 0.669. The summed E-state index contributed by atoms with van der Waals surface area (Å²) in [5.41, 5.74) is 6.90. The summed E-state index contributed by atoms with van der Waals surface area (Å²) in [6, 6.07) is 52.8. The zero-order valence-corrected chi connectivity index (χ0v) is 22.3. The number of furan rings is 1. The van der Waals surface area contributed by atoms with Gasteiger partial charge in [-0.2, -0.15) is 0 Å². The van der Waals surface area contributed by atoms with E-state index < -0.39 is 0 Å². The van der Waals surface area contributed by atoms with Gasteiger partial charge in [0, 0.05) is 10.8 Å². The Bertz CT molecular complexity index is 2420. The minimum absolute atomic E-state index is 0.930. The molecule has 0 radical (unpaired) electrons. The molecule has 0 bridgehead atoms. The van der Waals surface area contributed by atoms with Crippen LogP contribution in [0.15, 0.2) is 150 Å². The minimum Gasteiger partial charge on any atom is -0.456 e. The van der Waals surface area contributed by atoms with Crippen LogP contribution in [-0.2, 0) is 0 Å². The topological polar surface area (TPSA) is 13.1 Å². The zero-order valence-electron chi connectivity index (χ0n) is 22.3. The van der Waals surface area contributed by atoms with E-state index in [1.165, 1.54) is 65.3 Å². The molecule has 0 aliphatic carbocycles. The Hall–Kier alpha value is -5.40. The van der Waals surface area contributed by atoms with E-state index in [1.54, 1.807) is 0 Å². The molecule has 0 aliphatic heterocycles. The molecule has 1 heteroatoms. The summed E-state index contributed by atoms with van der Waals surface area (Å²) in [7, 11) is 0. The first-order valence-electron chi connectivity index (χ1n) is 14.1. The first-order valence-corrected chi connectivity index (χ1v) is 14.1. The number of rotatable bonds is 2. The highest BCUT2D eigenvalue weighted by molar-refractivity contribution is 6.22. The zero-order chi connectivity index (χ0) is 26.9. The third kappa shape index (κ3) is 3.36. The van der Waals surface area contributed by atoms with Gasteiger partial charge in [-0.15, -0.1) is 0 Å². The van der Waals surface area contributed by atoms with E-state index in [2.05, 4.69) is 133 Å². The molecule has 1 aromatic heterocycles. The van der Waals surface area contributed by atoms with Gasteiger partial charge in [0.2, 0.25) is 0 Å². The van der Waals surface area contributed by atoms with Crippen LogP contribution in [0.2, 0.25) is 0 Å². The lowest BCUT2D eigenvalue weighted by atomic mass is 9.85. The molecule has 0 fully saturated rings. The predicted octanol–water partition coefficient (Wildman–Crippen LogP) is 11.5. The van der Waals surface area contributed by atoms with Crippen molar-refractivity contribution in [1.82, 2.24) is 0 Å². The number of hydrogen-bond acceptors (Lipinski definition) is 1. The average molecular weight is 521 g/mol. The predicted molar refractivity (Wildman–Crippen MR) is 175 cm³/mol. The Morgan fingerprint density at radius 1 is 0.293 bits per heavy atom. The second kappa shape index (κ2) is 8.55. The molecule has 0 aliphatic rings. The molecule has 190 valence electrons. The van der Waals surface area contributed by atoms with E-state index in [9.17, 15) is 0 Å². The second-order valence-electron chi connectivity index (χ2n) is 10.9. The number of hydrogen-bond donors (Lipinski definition) is 0. The standard InChI is InChI=1S/C40H24O/c1-2-10-26-21-28(19-17-25(26)9-1)39-32-12-3-5-14-34(32)40(35-15-6-4-13-33(35)39)29-20-18-27-24-38-36(23-30(27)22-29)31-11-7-8-16-37(31)41-38/h1-24H. The van der Waals surface area contributed by atoms with Crippen molar-refractivity contribution in [3.8, 4) is 22.3 Å². The molecule has 0 saturated heterocycles. The van der Waals surface area contributed by atoms with Crippen molar-refractivity contribution in [2.75, 3.05) is 0 Å². The first-order chi connectivity index (χ1) is 20.3. The summed E-state index contributed by atoms with van der Waals surface area (Å²) >= 11 is 0. The largest absolute Gasteiger partial charge is 0.456 e. The van der Waals surface area contributed by atoms with Gasteiger partial charge in [-0.25, -0.2) is 0 Å². The van der Waals surface area contributed by atoms with Crippen molar-refractivity contribution in [3.63, 3.8) is 0 Å². The quantitative estimate of drug-likeness (QED) is 0.207. The lowest BCUT2D eigenvalue weighted by Crippen LogP contribution is -1.91. The van der Waals surface area contributed by atoms with Crippen molar-refractivity contribution in [2.45, 2.75) is 0 Å². The summed E-state index contributed by atoms with van der Waals surface area (Å²) in [6.45, 7) is 0. The molecular weight excluding hydrogens is 496 g/mol. The fraction of sp³-hybridized carbons (Fsp3) is 0. The maximum Gasteiger partial charge on any atom is 0.136 e. The van der Waals surface area contributed by atoms with Crippen LogP contribution in [0, 0.1) is 0 Å². The summed E-state index contributed by atoms with van der Waals surface area (Å²) in [5, 5.41) is 12.3. The van der Waals surface area contributed by atoms with E-state index >= 15 is 0 Å². The molecule has 9 rings (SSSR count). The van der Waals surface area contributed by atoms with Gasteiger partial charge in [0.25, 0.3) is 0 Å². The molecular formula is C40H24O. The van der Waals surface area contributed by atoms with Gasteiger partial charge < -0.3 is 4.42 Å². The molecule has 0 saturated carbocycles. The molecule has 1 heterocycles. The Balaban J connectivity index is 1.35. The van der Waals surface area contributed by atoms with Crippen LogP contribution in [0.4, 0.5) is 0 Å². The monoisotopic (exact) mass is 520 g/mol.